The van der Waals surface area contributed by atoms with Crippen LogP contribution in [0.1, 0.15) is 22.7 Å². The van der Waals surface area contributed by atoms with Gasteiger partial charge in [0.1, 0.15) is 5.75 Å². The van der Waals surface area contributed by atoms with Crippen molar-refractivity contribution in [3.8, 4) is 5.75 Å². The summed E-state index contributed by atoms with van der Waals surface area (Å²) in [6, 6.07) is 21.7. The molecule has 8 nitrogen and oxygen atoms in total. The van der Waals surface area contributed by atoms with E-state index < -0.39 is 11.8 Å². The summed E-state index contributed by atoms with van der Waals surface area (Å²) < 4.78 is 5.14. The maximum absolute atomic E-state index is 12.6. The van der Waals surface area contributed by atoms with Crippen LogP contribution in [0.4, 0.5) is 0 Å². The molecule has 0 unspecified atom stereocenters. The zero-order chi connectivity index (χ0) is 25.2. The first-order valence-corrected chi connectivity index (χ1v) is 12.2. The van der Waals surface area contributed by atoms with E-state index in [2.05, 4.69) is 49.7 Å². The highest BCUT2D eigenvalue weighted by Crippen LogP contribution is 2.22. The van der Waals surface area contributed by atoms with Crippen LogP contribution in [0.15, 0.2) is 79.1 Å². The molecule has 8 heteroatoms. The van der Waals surface area contributed by atoms with E-state index in [-0.39, 0.29) is 12.6 Å². The van der Waals surface area contributed by atoms with E-state index in [9.17, 15) is 9.59 Å². The van der Waals surface area contributed by atoms with Crippen LogP contribution in [0.5, 0.6) is 5.75 Å². The molecule has 0 saturated carbocycles. The first-order valence-electron chi connectivity index (χ1n) is 12.2. The van der Waals surface area contributed by atoms with Crippen LogP contribution < -0.4 is 15.4 Å². The molecule has 1 aliphatic heterocycles. The summed E-state index contributed by atoms with van der Waals surface area (Å²) in [5.41, 5.74) is 3.22. The average molecular weight is 488 g/mol. The Morgan fingerprint density at radius 3 is 2.28 bits per heavy atom. The lowest BCUT2D eigenvalue weighted by molar-refractivity contribution is -0.139. The van der Waals surface area contributed by atoms with Gasteiger partial charge in [-0.1, -0.05) is 48.5 Å². The Labute approximate surface area is 212 Å². The van der Waals surface area contributed by atoms with Gasteiger partial charge in [-0.2, -0.15) is 0 Å². The van der Waals surface area contributed by atoms with E-state index in [1.54, 1.807) is 13.3 Å². The molecule has 1 aliphatic rings. The van der Waals surface area contributed by atoms with Crippen LogP contribution in [0, 0.1) is 0 Å². The lowest BCUT2D eigenvalue weighted by Crippen LogP contribution is -2.50. The number of nitrogens with zero attached hydrogens (tertiary/aromatic N) is 3. The quantitative estimate of drug-likeness (QED) is 0.451. The lowest BCUT2D eigenvalue weighted by atomic mass is 10.1. The summed E-state index contributed by atoms with van der Waals surface area (Å²) >= 11 is 0. The third-order valence-corrected chi connectivity index (χ3v) is 6.44. The van der Waals surface area contributed by atoms with Crippen molar-refractivity contribution in [1.29, 1.82) is 0 Å². The summed E-state index contributed by atoms with van der Waals surface area (Å²) in [5.74, 6) is -0.547. The fourth-order valence-electron chi connectivity index (χ4n) is 4.38. The number of rotatable bonds is 9. The van der Waals surface area contributed by atoms with E-state index in [1.807, 2.05) is 48.7 Å². The third kappa shape index (κ3) is 7.13. The zero-order valence-corrected chi connectivity index (χ0v) is 20.6. The standard InChI is InChI=1S/C28H33N5O3/c1-36-25-11-9-22(10-12-25)18-30-27(34)28(35)31-20-26(24-8-5-13-29-19-24)33-16-14-32(15-17-33)21-23-6-3-2-4-7-23/h2-13,19,26H,14-18,20-21H2,1H3,(H,30,34)(H,31,35)/t26-/m0/s1. The highest BCUT2D eigenvalue weighted by molar-refractivity contribution is 6.35. The minimum absolute atomic E-state index is 0.0593. The monoisotopic (exact) mass is 487 g/mol. The predicted octanol–water partition coefficient (Wildman–Crippen LogP) is 2.38. The summed E-state index contributed by atoms with van der Waals surface area (Å²) in [5, 5.41) is 5.51. The van der Waals surface area contributed by atoms with Gasteiger partial charge < -0.3 is 15.4 Å². The Morgan fingerprint density at radius 2 is 1.61 bits per heavy atom. The summed E-state index contributed by atoms with van der Waals surface area (Å²) in [6.07, 6.45) is 3.57. The van der Waals surface area contributed by atoms with Crippen molar-refractivity contribution in [2.75, 3.05) is 39.8 Å². The molecule has 188 valence electrons. The van der Waals surface area contributed by atoms with Gasteiger partial charge in [-0.25, -0.2) is 0 Å². The molecule has 2 amide bonds. The molecule has 3 aromatic rings. The van der Waals surface area contributed by atoms with Crippen molar-refractivity contribution < 1.29 is 14.3 Å². The smallest absolute Gasteiger partial charge is 0.309 e. The van der Waals surface area contributed by atoms with Gasteiger partial charge in [0.25, 0.3) is 0 Å². The van der Waals surface area contributed by atoms with E-state index >= 15 is 0 Å². The minimum atomic E-state index is -0.650. The fourth-order valence-corrected chi connectivity index (χ4v) is 4.38. The number of aromatic nitrogens is 1. The molecule has 0 spiro atoms. The molecular formula is C28H33N5O3. The Hall–Kier alpha value is -3.75. The van der Waals surface area contributed by atoms with E-state index in [0.29, 0.717) is 6.54 Å². The second-order valence-corrected chi connectivity index (χ2v) is 8.84. The molecule has 0 bridgehead atoms. The normalized spacial score (nSPS) is 15.1. The Kier molecular flexibility index (Phi) is 9.02. The zero-order valence-electron chi connectivity index (χ0n) is 20.6. The van der Waals surface area contributed by atoms with Crippen molar-refractivity contribution >= 4 is 11.8 Å². The first kappa shape index (κ1) is 25.3. The van der Waals surface area contributed by atoms with Gasteiger partial charge in [0.05, 0.1) is 13.2 Å². The van der Waals surface area contributed by atoms with Crippen molar-refractivity contribution in [3.63, 3.8) is 0 Å². The Morgan fingerprint density at radius 1 is 0.889 bits per heavy atom. The molecule has 1 saturated heterocycles. The summed E-state index contributed by atoms with van der Waals surface area (Å²) in [6.45, 7) is 5.13. The number of ether oxygens (including phenoxy) is 1. The number of hydrogen-bond donors (Lipinski definition) is 2. The largest absolute Gasteiger partial charge is 0.497 e. The molecule has 36 heavy (non-hydrogen) atoms. The van der Waals surface area contributed by atoms with Crippen LogP contribution in [0.25, 0.3) is 0 Å². The number of amides is 2. The third-order valence-electron chi connectivity index (χ3n) is 6.44. The van der Waals surface area contributed by atoms with Gasteiger partial charge in [0.15, 0.2) is 0 Å². The average Bonchev–Trinajstić information content (AvgIpc) is 2.94. The Balaban J connectivity index is 1.30. The topological polar surface area (TPSA) is 86.8 Å². The molecule has 1 aromatic heterocycles. The van der Waals surface area contributed by atoms with Crippen molar-refractivity contribution in [3.05, 3.63) is 95.8 Å². The molecule has 2 N–H and O–H groups in total. The number of carbonyl (C=O) groups excluding carboxylic acids is 2. The van der Waals surface area contributed by atoms with Gasteiger partial charge in [-0.05, 0) is 34.9 Å². The van der Waals surface area contributed by atoms with Crippen LogP contribution in [0.3, 0.4) is 0 Å². The second kappa shape index (κ2) is 12.8. The number of carbonyl (C=O) groups is 2. The summed E-state index contributed by atoms with van der Waals surface area (Å²) in [4.78, 5) is 34.0. The molecule has 2 aromatic carbocycles. The molecule has 0 aliphatic carbocycles. The number of benzene rings is 2. The second-order valence-electron chi connectivity index (χ2n) is 8.84. The van der Waals surface area contributed by atoms with Gasteiger partial charge in [0.2, 0.25) is 0 Å². The predicted molar refractivity (Wildman–Crippen MR) is 138 cm³/mol. The number of piperazine rings is 1. The van der Waals surface area contributed by atoms with E-state index in [0.717, 1.165) is 49.6 Å². The van der Waals surface area contributed by atoms with Gasteiger partial charge in [-0.3, -0.25) is 24.4 Å². The highest BCUT2D eigenvalue weighted by Gasteiger charge is 2.26. The van der Waals surface area contributed by atoms with Crippen molar-refractivity contribution in [2.45, 2.75) is 19.1 Å². The molecule has 1 fully saturated rings. The van der Waals surface area contributed by atoms with Gasteiger partial charge >= 0.3 is 11.8 Å². The number of hydrogen-bond acceptors (Lipinski definition) is 6. The molecule has 2 heterocycles. The fraction of sp³-hybridized carbons (Fsp3) is 0.321. The lowest BCUT2D eigenvalue weighted by Gasteiger charge is -2.39. The van der Waals surface area contributed by atoms with Crippen molar-refractivity contribution in [2.24, 2.45) is 0 Å². The number of pyridine rings is 1. The molecule has 0 radical (unpaired) electrons. The molecular weight excluding hydrogens is 454 g/mol. The summed E-state index contributed by atoms with van der Waals surface area (Å²) in [7, 11) is 1.60. The maximum Gasteiger partial charge on any atom is 0.309 e. The minimum Gasteiger partial charge on any atom is -0.497 e. The first-order chi connectivity index (χ1) is 17.6. The molecule has 4 rings (SSSR count). The number of nitrogens with one attached hydrogen (secondary N) is 2. The van der Waals surface area contributed by atoms with Crippen LogP contribution >= 0.6 is 0 Å². The SMILES string of the molecule is COc1ccc(CNC(=O)C(=O)NC[C@@H](c2cccnc2)N2CCN(Cc3ccccc3)CC2)cc1. The number of methoxy groups -OCH3 is 1. The molecule has 1 atom stereocenters. The maximum atomic E-state index is 12.6. The van der Waals surface area contributed by atoms with Gasteiger partial charge in [0, 0.05) is 58.2 Å². The van der Waals surface area contributed by atoms with E-state index in [4.69, 9.17) is 4.74 Å². The van der Waals surface area contributed by atoms with Crippen molar-refractivity contribution in [1.82, 2.24) is 25.4 Å². The highest BCUT2D eigenvalue weighted by atomic mass is 16.5. The van der Waals surface area contributed by atoms with Crippen LogP contribution in [0.2, 0.25) is 0 Å². The Bertz CT molecular complexity index is 1100. The van der Waals surface area contributed by atoms with E-state index in [1.165, 1.54) is 5.56 Å². The van der Waals surface area contributed by atoms with Gasteiger partial charge in [-0.15, -0.1) is 0 Å². The van der Waals surface area contributed by atoms with Crippen LogP contribution in [-0.4, -0.2) is 66.4 Å². The van der Waals surface area contributed by atoms with Crippen LogP contribution in [-0.2, 0) is 22.7 Å².